The van der Waals surface area contributed by atoms with Crippen molar-refractivity contribution in [2.75, 3.05) is 0 Å². The first-order valence-corrected chi connectivity index (χ1v) is 3.79. The smallest absolute Gasteiger partial charge is 0.203 e. The zero-order valence-corrected chi connectivity index (χ0v) is 7.12. The largest absolute Gasteiger partial charge is 0.291 e. The lowest BCUT2D eigenvalue weighted by atomic mass is 10.2. The summed E-state index contributed by atoms with van der Waals surface area (Å²) < 4.78 is 0. The molecule has 0 N–H and O–H groups in total. The van der Waals surface area contributed by atoms with Gasteiger partial charge in [-0.05, 0) is 17.7 Å². The highest BCUT2D eigenvalue weighted by molar-refractivity contribution is 6.36. The summed E-state index contributed by atoms with van der Waals surface area (Å²) in [5, 5.41) is 1.03. The van der Waals surface area contributed by atoms with Crippen molar-refractivity contribution in [2.45, 2.75) is 6.42 Å². The van der Waals surface area contributed by atoms with Crippen LogP contribution < -0.4 is 0 Å². The van der Waals surface area contributed by atoms with Gasteiger partial charge in [0.25, 0.3) is 0 Å². The van der Waals surface area contributed by atoms with Gasteiger partial charge in [-0.25, -0.2) is 0 Å². The molecule has 0 aliphatic heterocycles. The standard InChI is InChI=1S/C8H5Cl2O/c9-7-2-1-3-8(10)6(7)4-5-11/h1-3H,4H2. The Labute approximate surface area is 74.9 Å². The minimum Gasteiger partial charge on any atom is -0.291 e. The minimum absolute atomic E-state index is 0.151. The predicted molar refractivity (Wildman–Crippen MR) is 45.9 cm³/mol. The van der Waals surface area contributed by atoms with Crippen LogP contribution in [-0.2, 0) is 11.2 Å². The Kier molecular flexibility index (Phi) is 2.92. The van der Waals surface area contributed by atoms with E-state index in [1.54, 1.807) is 24.5 Å². The summed E-state index contributed by atoms with van der Waals surface area (Å²) in [5.74, 6) is 0. The van der Waals surface area contributed by atoms with E-state index >= 15 is 0 Å². The third kappa shape index (κ3) is 1.95. The van der Waals surface area contributed by atoms with Gasteiger partial charge in [0, 0.05) is 16.5 Å². The molecule has 0 atom stereocenters. The molecule has 1 aromatic carbocycles. The normalized spacial score (nSPS) is 9.64. The molecule has 0 aliphatic rings. The molecule has 0 aliphatic carbocycles. The molecular weight excluding hydrogens is 183 g/mol. The molecule has 57 valence electrons. The highest BCUT2D eigenvalue weighted by Crippen LogP contribution is 2.23. The molecule has 0 bridgehead atoms. The van der Waals surface area contributed by atoms with Crippen molar-refractivity contribution in [3.8, 4) is 0 Å². The maximum atomic E-state index is 10.0. The summed E-state index contributed by atoms with van der Waals surface area (Å²) in [6, 6.07) is 5.12. The first-order chi connectivity index (χ1) is 5.25. The van der Waals surface area contributed by atoms with E-state index in [0.717, 1.165) is 0 Å². The molecular formula is C8H5Cl2O. The lowest BCUT2D eigenvalue weighted by Crippen LogP contribution is -1.87. The van der Waals surface area contributed by atoms with E-state index in [9.17, 15) is 4.79 Å². The van der Waals surface area contributed by atoms with E-state index in [4.69, 9.17) is 23.2 Å². The Morgan fingerprint density at radius 3 is 2.27 bits per heavy atom. The van der Waals surface area contributed by atoms with Gasteiger partial charge in [0.15, 0.2) is 0 Å². The fraction of sp³-hybridized carbons (Fsp3) is 0.125. The third-order valence-electron chi connectivity index (χ3n) is 1.31. The van der Waals surface area contributed by atoms with Crippen molar-refractivity contribution >= 4 is 29.5 Å². The average Bonchev–Trinajstić information content (AvgIpc) is 1.97. The summed E-state index contributed by atoms with van der Waals surface area (Å²) in [7, 11) is 0. The molecule has 0 saturated heterocycles. The van der Waals surface area contributed by atoms with E-state index in [2.05, 4.69) is 0 Å². The van der Waals surface area contributed by atoms with Crippen LogP contribution in [0.1, 0.15) is 5.56 Å². The van der Waals surface area contributed by atoms with Crippen molar-refractivity contribution in [3.63, 3.8) is 0 Å². The van der Waals surface area contributed by atoms with Crippen LogP contribution in [0, 0.1) is 0 Å². The molecule has 0 saturated carbocycles. The first-order valence-electron chi connectivity index (χ1n) is 3.03. The molecule has 0 aromatic heterocycles. The van der Waals surface area contributed by atoms with Crippen LogP contribution in [0.4, 0.5) is 0 Å². The second-order valence-corrected chi connectivity index (χ2v) is 2.84. The monoisotopic (exact) mass is 187 g/mol. The van der Waals surface area contributed by atoms with Crippen LogP contribution in [0.25, 0.3) is 0 Å². The fourth-order valence-corrected chi connectivity index (χ4v) is 1.30. The van der Waals surface area contributed by atoms with Crippen molar-refractivity contribution in [3.05, 3.63) is 33.8 Å². The van der Waals surface area contributed by atoms with Gasteiger partial charge in [-0.2, -0.15) is 0 Å². The molecule has 1 aromatic rings. The second-order valence-electron chi connectivity index (χ2n) is 2.02. The third-order valence-corrected chi connectivity index (χ3v) is 2.02. The van der Waals surface area contributed by atoms with Crippen LogP contribution in [-0.4, -0.2) is 6.29 Å². The number of hydrogen-bond acceptors (Lipinski definition) is 1. The van der Waals surface area contributed by atoms with Gasteiger partial charge >= 0.3 is 0 Å². The quantitative estimate of drug-likeness (QED) is 0.697. The van der Waals surface area contributed by atoms with Crippen LogP contribution in [0.5, 0.6) is 0 Å². The lowest BCUT2D eigenvalue weighted by Gasteiger charge is -2.00. The summed E-state index contributed by atoms with van der Waals surface area (Å²) in [4.78, 5) is 10.0. The topological polar surface area (TPSA) is 17.1 Å². The Bertz CT molecular complexity index is 251. The van der Waals surface area contributed by atoms with Crippen molar-refractivity contribution in [1.29, 1.82) is 0 Å². The number of rotatable bonds is 2. The minimum atomic E-state index is 0.151. The van der Waals surface area contributed by atoms with Crippen molar-refractivity contribution in [1.82, 2.24) is 0 Å². The van der Waals surface area contributed by atoms with E-state index in [-0.39, 0.29) is 6.42 Å². The zero-order chi connectivity index (χ0) is 8.27. The number of carbonyl (C=O) groups excluding carboxylic acids is 1. The Morgan fingerprint density at radius 2 is 1.82 bits per heavy atom. The SMILES string of the molecule is O=[C]Cc1c(Cl)cccc1Cl. The maximum absolute atomic E-state index is 10.0. The molecule has 1 rings (SSSR count). The molecule has 0 spiro atoms. The summed E-state index contributed by atoms with van der Waals surface area (Å²) in [6.07, 6.45) is 1.90. The predicted octanol–water partition coefficient (Wildman–Crippen LogP) is 2.65. The molecule has 0 fully saturated rings. The molecule has 0 heterocycles. The fourth-order valence-electron chi connectivity index (χ4n) is 0.773. The van der Waals surface area contributed by atoms with Gasteiger partial charge < -0.3 is 0 Å². The van der Waals surface area contributed by atoms with E-state index in [1.807, 2.05) is 0 Å². The summed E-state index contributed by atoms with van der Waals surface area (Å²) >= 11 is 11.5. The number of benzene rings is 1. The summed E-state index contributed by atoms with van der Waals surface area (Å²) in [5.41, 5.74) is 0.644. The van der Waals surface area contributed by atoms with E-state index in [1.165, 1.54) is 0 Å². The summed E-state index contributed by atoms with van der Waals surface area (Å²) in [6.45, 7) is 0. The Morgan fingerprint density at radius 1 is 1.27 bits per heavy atom. The van der Waals surface area contributed by atoms with Gasteiger partial charge in [-0.15, -0.1) is 0 Å². The van der Waals surface area contributed by atoms with Gasteiger partial charge in [0.2, 0.25) is 6.29 Å². The Balaban J connectivity index is 3.09. The Hall–Kier alpha value is -0.530. The van der Waals surface area contributed by atoms with Gasteiger partial charge in [0.1, 0.15) is 0 Å². The van der Waals surface area contributed by atoms with Crippen LogP contribution in [0.15, 0.2) is 18.2 Å². The first kappa shape index (κ1) is 8.57. The highest BCUT2D eigenvalue weighted by atomic mass is 35.5. The molecule has 3 heteroatoms. The molecule has 11 heavy (non-hydrogen) atoms. The van der Waals surface area contributed by atoms with Crippen LogP contribution in [0.2, 0.25) is 10.0 Å². The second kappa shape index (κ2) is 3.74. The lowest BCUT2D eigenvalue weighted by molar-refractivity contribution is 0.555. The van der Waals surface area contributed by atoms with Crippen molar-refractivity contribution < 1.29 is 4.79 Å². The molecule has 1 nitrogen and oxygen atoms in total. The average molecular weight is 188 g/mol. The molecule has 0 unspecified atom stereocenters. The van der Waals surface area contributed by atoms with Crippen LogP contribution in [0.3, 0.4) is 0 Å². The molecule has 0 amide bonds. The van der Waals surface area contributed by atoms with E-state index in [0.29, 0.717) is 15.6 Å². The van der Waals surface area contributed by atoms with Gasteiger partial charge in [0.05, 0.1) is 0 Å². The molecule has 1 radical (unpaired) electrons. The van der Waals surface area contributed by atoms with Gasteiger partial charge in [-0.1, -0.05) is 29.3 Å². The zero-order valence-electron chi connectivity index (χ0n) is 5.60. The van der Waals surface area contributed by atoms with E-state index < -0.39 is 0 Å². The van der Waals surface area contributed by atoms with Gasteiger partial charge in [-0.3, -0.25) is 4.79 Å². The number of hydrogen-bond donors (Lipinski definition) is 0. The number of halogens is 2. The van der Waals surface area contributed by atoms with Crippen LogP contribution >= 0.6 is 23.2 Å². The maximum Gasteiger partial charge on any atom is 0.203 e. The van der Waals surface area contributed by atoms with Crippen molar-refractivity contribution in [2.24, 2.45) is 0 Å². The highest BCUT2D eigenvalue weighted by Gasteiger charge is 2.03.